The second kappa shape index (κ2) is 8.21. The number of carbonyl (C=O) groups is 2. The Bertz CT molecular complexity index is 1120. The first-order valence-electron chi connectivity index (χ1n) is 7.45. The minimum Gasteiger partial charge on any atom is -0.478 e. The fourth-order valence-electron chi connectivity index (χ4n) is 1.98. The van der Waals surface area contributed by atoms with Gasteiger partial charge in [0, 0.05) is 23.5 Å². The summed E-state index contributed by atoms with van der Waals surface area (Å²) in [5, 5.41) is 15.8. The average Bonchev–Trinajstić information content (AvgIpc) is 2.60. The molecule has 0 aliphatic carbocycles. The van der Waals surface area contributed by atoms with Crippen molar-refractivity contribution in [2.75, 3.05) is 10.0 Å². The highest BCUT2D eigenvalue weighted by atomic mass is 32.2. The molecule has 0 spiro atoms. The van der Waals surface area contributed by atoms with Crippen LogP contribution in [0, 0.1) is 0 Å². The van der Waals surface area contributed by atoms with Gasteiger partial charge < -0.3 is 10.4 Å². The van der Waals surface area contributed by atoms with Crippen LogP contribution >= 0.6 is 0 Å². The van der Waals surface area contributed by atoms with Gasteiger partial charge in [-0.2, -0.15) is 0 Å². The fourth-order valence-corrected chi connectivity index (χ4v) is 3.55. The van der Waals surface area contributed by atoms with Crippen molar-refractivity contribution in [1.82, 2.24) is 0 Å². The summed E-state index contributed by atoms with van der Waals surface area (Å²) in [7, 11) is -7.85. The van der Waals surface area contributed by atoms with Crippen molar-refractivity contribution < 1.29 is 31.5 Å². The monoisotopic (exact) mass is 425 g/mol. The van der Waals surface area contributed by atoms with Crippen molar-refractivity contribution in [2.24, 2.45) is 5.14 Å². The van der Waals surface area contributed by atoms with Crippen molar-refractivity contribution in [3.8, 4) is 0 Å². The molecule has 2 aromatic carbocycles. The van der Waals surface area contributed by atoms with E-state index in [0.717, 1.165) is 18.2 Å². The molecule has 0 aromatic heterocycles. The summed E-state index contributed by atoms with van der Waals surface area (Å²) >= 11 is 0. The van der Waals surface area contributed by atoms with E-state index >= 15 is 0 Å². The third kappa shape index (κ3) is 5.90. The van der Waals surface area contributed by atoms with E-state index in [-0.39, 0.29) is 21.2 Å². The minimum atomic E-state index is -3.96. The Morgan fingerprint density at radius 1 is 0.821 bits per heavy atom. The van der Waals surface area contributed by atoms with E-state index in [1.807, 2.05) is 0 Å². The quantitative estimate of drug-likeness (QED) is 0.473. The number of carbonyl (C=O) groups excluding carboxylic acids is 1. The SMILES string of the molecule is NS(=O)(=O)c1ccc(NS(=O)(=O)c2ccc(NC(=O)/C=C/C(=O)O)cc2)cc1. The summed E-state index contributed by atoms with van der Waals surface area (Å²) in [6, 6.07) is 9.94. The summed E-state index contributed by atoms with van der Waals surface area (Å²) in [4.78, 5) is 21.6. The van der Waals surface area contributed by atoms with Crippen molar-refractivity contribution >= 4 is 43.3 Å². The van der Waals surface area contributed by atoms with E-state index in [1.165, 1.54) is 36.4 Å². The summed E-state index contributed by atoms with van der Waals surface area (Å²) in [6.45, 7) is 0. The van der Waals surface area contributed by atoms with Crippen LogP contribution in [0.3, 0.4) is 0 Å². The number of hydrogen-bond donors (Lipinski definition) is 4. The number of sulfonamides is 2. The fraction of sp³-hybridized carbons (Fsp3) is 0. The number of rotatable bonds is 7. The van der Waals surface area contributed by atoms with Crippen LogP contribution < -0.4 is 15.2 Å². The summed E-state index contributed by atoms with van der Waals surface area (Å²) in [5.74, 6) is -1.97. The number of anilines is 2. The van der Waals surface area contributed by atoms with E-state index in [1.54, 1.807) is 0 Å². The Hall–Kier alpha value is -3.22. The normalized spacial score (nSPS) is 11.9. The molecule has 0 radical (unpaired) electrons. The van der Waals surface area contributed by atoms with Crippen LogP contribution in [0.5, 0.6) is 0 Å². The van der Waals surface area contributed by atoms with Crippen LogP contribution in [-0.2, 0) is 29.6 Å². The summed E-state index contributed by atoms with van der Waals surface area (Å²) < 4.78 is 49.5. The maximum atomic E-state index is 12.4. The molecule has 0 heterocycles. The van der Waals surface area contributed by atoms with Gasteiger partial charge in [0.1, 0.15) is 0 Å². The maximum Gasteiger partial charge on any atom is 0.328 e. The molecule has 5 N–H and O–H groups in total. The van der Waals surface area contributed by atoms with Crippen molar-refractivity contribution in [2.45, 2.75) is 9.79 Å². The van der Waals surface area contributed by atoms with Crippen molar-refractivity contribution in [3.05, 3.63) is 60.7 Å². The van der Waals surface area contributed by atoms with Crippen LogP contribution in [0.15, 0.2) is 70.5 Å². The molecule has 0 saturated carbocycles. The molecule has 2 rings (SSSR count). The molecule has 0 unspecified atom stereocenters. The van der Waals surface area contributed by atoms with Gasteiger partial charge in [-0.05, 0) is 48.5 Å². The molecule has 2 aromatic rings. The average molecular weight is 425 g/mol. The Labute approximate surface area is 160 Å². The number of aliphatic carboxylic acids is 1. The molecule has 0 saturated heterocycles. The van der Waals surface area contributed by atoms with E-state index in [9.17, 15) is 26.4 Å². The standard InChI is InChI=1S/C16H15N3O7S2/c17-27(23,24)13-5-3-12(4-6-13)19-28(25,26)14-7-1-11(2-8-14)18-15(20)9-10-16(21)22/h1-10,19H,(H,18,20)(H,21,22)(H2,17,23,24)/b10-9+. The van der Waals surface area contributed by atoms with E-state index < -0.39 is 31.9 Å². The number of benzene rings is 2. The lowest BCUT2D eigenvalue weighted by Gasteiger charge is -2.09. The second-order valence-electron chi connectivity index (χ2n) is 5.36. The van der Waals surface area contributed by atoms with Crippen LogP contribution in [0.1, 0.15) is 0 Å². The van der Waals surface area contributed by atoms with E-state index in [2.05, 4.69) is 10.0 Å². The number of primary sulfonamides is 1. The van der Waals surface area contributed by atoms with E-state index in [4.69, 9.17) is 10.2 Å². The van der Waals surface area contributed by atoms with Crippen molar-refractivity contribution in [1.29, 1.82) is 0 Å². The highest BCUT2D eigenvalue weighted by Gasteiger charge is 2.15. The first-order valence-corrected chi connectivity index (χ1v) is 10.5. The predicted octanol–water partition coefficient (Wildman–Crippen LogP) is 0.714. The number of nitrogens with one attached hydrogen (secondary N) is 2. The minimum absolute atomic E-state index is 0.109. The highest BCUT2D eigenvalue weighted by molar-refractivity contribution is 7.92. The van der Waals surface area contributed by atoms with Gasteiger partial charge in [0.15, 0.2) is 0 Å². The summed E-state index contributed by atoms with van der Waals surface area (Å²) in [5.41, 5.74) is 0.389. The zero-order chi connectivity index (χ0) is 20.9. The third-order valence-electron chi connectivity index (χ3n) is 3.24. The smallest absolute Gasteiger partial charge is 0.328 e. The van der Waals surface area contributed by atoms with Crippen LogP contribution in [0.4, 0.5) is 11.4 Å². The Morgan fingerprint density at radius 3 is 1.82 bits per heavy atom. The van der Waals surface area contributed by atoms with Gasteiger partial charge in [-0.25, -0.2) is 26.8 Å². The largest absolute Gasteiger partial charge is 0.478 e. The number of hydrogen-bond acceptors (Lipinski definition) is 6. The molecular weight excluding hydrogens is 410 g/mol. The molecule has 148 valence electrons. The zero-order valence-corrected chi connectivity index (χ0v) is 15.7. The van der Waals surface area contributed by atoms with Gasteiger partial charge in [0.05, 0.1) is 9.79 Å². The molecule has 0 aliphatic heterocycles. The third-order valence-corrected chi connectivity index (χ3v) is 5.57. The molecule has 0 atom stereocenters. The first-order chi connectivity index (χ1) is 13.0. The molecule has 28 heavy (non-hydrogen) atoms. The number of carboxylic acids is 1. The van der Waals surface area contributed by atoms with Gasteiger partial charge >= 0.3 is 5.97 Å². The predicted molar refractivity (Wildman–Crippen MR) is 100 cm³/mol. The zero-order valence-electron chi connectivity index (χ0n) is 14.1. The topological polar surface area (TPSA) is 173 Å². The van der Waals surface area contributed by atoms with Gasteiger partial charge in [-0.15, -0.1) is 0 Å². The van der Waals surface area contributed by atoms with Crippen LogP contribution in [0.25, 0.3) is 0 Å². The molecule has 12 heteroatoms. The van der Waals surface area contributed by atoms with Gasteiger partial charge in [-0.3, -0.25) is 9.52 Å². The van der Waals surface area contributed by atoms with Gasteiger partial charge in [0.25, 0.3) is 10.0 Å². The highest BCUT2D eigenvalue weighted by Crippen LogP contribution is 2.19. The summed E-state index contributed by atoms with van der Waals surface area (Å²) in [6.07, 6.45) is 1.49. The number of nitrogens with two attached hydrogens (primary N) is 1. The number of carboxylic acid groups (broad SMARTS) is 1. The number of amides is 1. The van der Waals surface area contributed by atoms with Crippen LogP contribution in [0.2, 0.25) is 0 Å². The lowest BCUT2D eigenvalue weighted by Crippen LogP contribution is -2.14. The Morgan fingerprint density at radius 2 is 1.32 bits per heavy atom. The second-order valence-corrected chi connectivity index (χ2v) is 8.60. The van der Waals surface area contributed by atoms with Gasteiger partial charge in [-0.1, -0.05) is 0 Å². The van der Waals surface area contributed by atoms with Gasteiger partial charge in [0.2, 0.25) is 15.9 Å². The van der Waals surface area contributed by atoms with E-state index in [0.29, 0.717) is 6.08 Å². The Balaban J connectivity index is 2.11. The molecule has 0 aliphatic rings. The molecule has 0 fully saturated rings. The first kappa shape index (κ1) is 21.1. The Kier molecular flexibility index (Phi) is 6.18. The lowest BCUT2D eigenvalue weighted by atomic mass is 10.3. The van der Waals surface area contributed by atoms with Crippen LogP contribution in [-0.4, -0.2) is 33.8 Å². The molecular formula is C16H15N3O7S2. The molecule has 0 bridgehead atoms. The van der Waals surface area contributed by atoms with Crippen molar-refractivity contribution in [3.63, 3.8) is 0 Å². The maximum absolute atomic E-state index is 12.4. The molecule has 10 nitrogen and oxygen atoms in total. The molecule has 1 amide bonds. The lowest BCUT2D eigenvalue weighted by molar-refractivity contribution is -0.131.